The lowest BCUT2D eigenvalue weighted by Crippen LogP contribution is -2.82. The van der Waals surface area contributed by atoms with Gasteiger partial charge in [0.1, 0.15) is 0 Å². The Balaban J connectivity index is 8.69. The van der Waals surface area contributed by atoms with Gasteiger partial charge in [-0.15, -0.1) is 0 Å². The zero-order valence-corrected chi connectivity index (χ0v) is 29.0. The number of halogens is 41. The Morgan fingerprint density at radius 3 is 0.597 bits per heavy atom. The van der Waals surface area contributed by atoms with Crippen molar-refractivity contribution in [2.24, 2.45) is 0 Å². The number of esters is 1. The van der Waals surface area contributed by atoms with E-state index in [4.69, 9.17) is 0 Å². The van der Waals surface area contributed by atoms with Crippen LogP contribution in [0.2, 0.25) is 0 Å². The Morgan fingerprint density at radius 1 is 0.269 bits per heavy atom. The van der Waals surface area contributed by atoms with Crippen molar-refractivity contribution in [3.05, 3.63) is 12.2 Å². The molecule has 67 heavy (non-hydrogen) atoms. The van der Waals surface area contributed by atoms with Gasteiger partial charge in [-0.2, -0.15) is 176 Å². The first-order valence-electron chi connectivity index (χ1n) is 14.2. The molecule has 0 aromatic rings. The molecule has 0 amide bonds. The molecule has 43 heteroatoms. The van der Waals surface area contributed by atoms with E-state index in [-0.39, 0.29) is 0 Å². The molecule has 0 aliphatic carbocycles. The highest BCUT2D eigenvalue weighted by atomic mass is 19.5. The molecular weight excluding hydrogens is 1100 g/mol. The van der Waals surface area contributed by atoms with Crippen LogP contribution in [0.25, 0.3) is 0 Å². The predicted molar refractivity (Wildman–Crippen MR) is 121 cm³/mol. The molecule has 0 rings (SSSR count). The Labute approximate surface area is 335 Å². The second-order valence-electron chi connectivity index (χ2n) is 12.5. The highest BCUT2D eigenvalue weighted by Gasteiger charge is 3.04. The summed E-state index contributed by atoms with van der Waals surface area (Å²) in [4.78, 5) is 11.5. The first kappa shape index (κ1) is 63.3. The van der Waals surface area contributed by atoms with E-state index >= 15 is 4.39 Å². The zero-order valence-electron chi connectivity index (χ0n) is 29.0. The van der Waals surface area contributed by atoms with Crippen LogP contribution < -0.4 is 0 Å². The van der Waals surface area contributed by atoms with E-state index in [2.05, 4.69) is 0 Å². The molecule has 0 aliphatic rings. The van der Waals surface area contributed by atoms with Crippen LogP contribution in [0, 0.1) is 0 Å². The molecule has 0 N–H and O–H groups in total. The van der Waals surface area contributed by atoms with Crippen LogP contribution in [-0.2, 0) is 9.53 Å². The van der Waals surface area contributed by atoms with E-state index in [0.29, 0.717) is 0 Å². The lowest BCUT2D eigenvalue weighted by molar-refractivity contribution is -0.503. The summed E-state index contributed by atoms with van der Waals surface area (Å²) in [5.41, 5.74) is -12.2. The van der Waals surface area contributed by atoms with Gasteiger partial charge >= 0.3 is 125 Å². The molecule has 0 aromatic carbocycles. The highest BCUT2D eigenvalue weighted by molar-refractivity contribution is 5.87. The molecule has 0 saturated carbocycles. The van der Waals surface area contributed by atoms with E-state index in [1.165, 1.54) is 0 Å². The monoisotopic (exact) mass is 1100 g/mol. The van der Waals surface area contributed by atoms with Crippen molar-refractivity contribution in [3.63, 3.8) is 0 Å². The maximum Gasteiger partial charge on any atom is 0.460 e. The van der Waals surface area contributed by atoms with E-state index in [0.717, 1.165) is 0 Å². The maximum absolute atomic E-state index is 15.4. The minimum atomic E-state index is -10.6. The second kappa shape index (κ2) is 15.4. The molecule has 0 radical (unpaired) electrons. The van der Waals surface area contributed by atoms with Crippen molar-refractivity contribution in [2.45, 2.75) is 126 Å². The number of ether oxygens (including phenoxy) is 1. The molecule has 0 aliphatic heterocycles. The number of rotatable bonds is 18. The number of hydrogen-bond acceptors (Lipinski definition) is 2. The SMILES string of the molecule is C=C(C)C(=O)OC(F)(C(F)(F)C(F)(F)C(F)(F)C(F)(F)C(F)(F)C(F)(F)C(F)(F)C(F)(F)C(F)(F)C(F)(F)F)C(F)(F)C(F)(F)C(F)(F)C(F)(F)C(F)(F)C(F)(F)C(F)(C(F)(F)F)C(F)(F)F. The average Bonchev–Trinajstić information content (AvgIpc) is 3.07. The van der Waals surface area contributed by atoms with Crippen LogP contribution in [0.1, 0.15) is 6.92 Å². The Morgan fingerprint density at radius 2 is 0.433 bits per heavy atom. The number of alkyl halides is 41. The van der Waals surface area contributed by atoms with Crippen LogP contribution in [0.3, 0.4) is 0 Å². The first-order valence-corrected chi connectivity index (χ1v) is 14.2. The summed E-state index contributed by atoms with van der Waals surface area (Å²) in [6.07, 6.45) is -26.6. The van der Waals surface area contributed by atoms with E-state index in [1.807, 2.05) is 0 Å². The Bertz CT molecular complexity index is 1840. The van der Waals surface area contributed by atoms with Crippen molar-refractivity contribution in [1.82, 2.24) is 0 Å². The summed E-state index contributed by atoms with van der Waals surface area (Å²) in [5.74, 6) is -168. The standard InChI is InChI=1S/C24H5F41O2/c1-3(2)4(66)67-21(56,18(50,51)15(44,45)12(38,39)8(30,31)7(28,29)6(26,27)5(25,22(57,58)59)23(60,61)62)19(52,53)16(46,47)13(40,41)10(34,35)9(32,33)11(36,37)14(42,43)17(48,49)20(54,55)24(63,64)65/h1H2,2H3. The number of carbonyl (C=O) groups excluding carboxylic acids is 1. The smallest absolute Gasteiger partial charge is 0.413 e. The van der Waals surface area contributed by atoms with Gasteiger partial charge in [-0.3, -0.25) is 0 Å². The lowest BCUT2D eigenvalue weighted by Gasteiger charge is -2.49. The van der Waals surface area contributed by atoms with Gasteiger partial charge in [0.05, 0.1) is 0 Å². The second-order valence-corrected chi connectivity index (χ2v) is 12.5. The van der Waals surface area contributed by atoms with Gasteiger partial charge in [0.2, 0.25) is 0 Å². The summed E-state index contributed by atoms with van der Waals surface area (Å²) in [7, 11) is 0. The van der Waals surface area contributed by atoms with Crippen LogP contribution in [0.5, 0.6) is 0 Å². The van der Waals surface area contributed by atoms with Crippen LogP contribution >= 0.6 is 0 Å². The van der Waals surface area contributed by atoms with Crippen LogP contribution in [0.4, 0.5) is 180 Å². The molecule has 1 atom stereocenters. The largest absolute Gasteiger partial charge is 0.460 e. The molecule has 0 fully saturated rings. The van der Waals surface area contributed by atoms with Gasteiger partial charge in [0.25, 0.3) is 0 Å². The van der Waals surface area contributed by atoms with Crippen LogP contribution in [0.15, 0.2) is 12.2 Å². The molecule has 0 heterocycles. The van der Waals surface area contributed by atoms with Gasteiger partial charge in [0, 0.05) is 5.57 Å². The van der Waals surface area contributed by atoms with Crippen molar-refractivity contribution in [2.75, 3.05) is 0 Å². The van der Waals surface area contributed by atoms with Gasteiger partial charge in [-0.25, -0.2) is 9.18 Å². The highest BCUT2D eigenvalue weighted by Crippen LogP contribution is 2.71. The maximum atomic E-state index is 15.4. The molecule has 0 spiro atoms. The van der Waals surface area contributed by atoms with Crippen molar-refractivity contribution >= 4 is 5.97 Å². The minimum Gasteiger partial charge on any atom is -0.413 e. The lowest BCUT2D eigenvalue weighted by atomic mass is 9.80. The van der Waals surface area contributed by atoms with Crippen LogP contribution in [-0.4, -0.2) is 125 Å². The summed E-state index contributed by atoms with van der Waals surface area (Å²) >= 11 is 0. The number of hydrogen-bond donors (Lipinski definition) is 0. The molecule has 0 aromatic heterocycles. The third-order valence-corrected chi connectivity index (χ3v) is 8.09. The minimum absolute atomic E-state index is 0.602. The quantitative estimate of drug-likeness (QED) is 0.0777. The van der Waals surface area contributed by atoms with Gasteiger partial charge in [-0.05, 0) is 6.92 Å². The number of carbonyl (C=O) groups is 1. The van der Waals surface area contributed by atoms with Crippen molar-refractivity contribution in [3.8, 4) is 0 Å². The third-order valence-electron chi connectivity index (χ3n) is 8.09. The molecule has 0 saturated heterocycles. The van der Waals surface area contributed by atoms with Crippen molar-refractivity contribution in [1.29, 1.82) is 0 Å². The normalized spacial score (nSPS) is 17.6. The molecule has 1 unspecified atom stereocenters. The van der Waals surface area contributed by atoms with Gasteiger partial charge < -0.3 is 4.74 Å². The fourth-order valence-corrected chi connectivity index (χ4v) is 4.02. The van der Waals surface area contributed by atoms with Crippen molar-refractivity contribution < 1.29 is 190 Å². The van der Waals surface area contributed by atoms with Gasteiger partial charge in [0.15, 0.2) is 0 Å². The summed E-state index contributed by atoms with van der Waals surface area (Å²) in [6.45, 7) is 1.18. The average molecular weight is 1100 g/mol. The fraction of sp³-hybridized carbons (Fsp3) is 0.875. The molecule has 400 valence electrons. The Kier molecular flexibility index (Phi) is 14.6. The van der Waals surface area contributed by atoms with E-state index in [9.17, 15) is 180 Å². The van der Waals surface area contributed by atoms with E-state index < -0.39 is 137 Å². The molecule has 2 nitrogen and oxygen atoms in total. The Hall–Kier alpha value is -3.66. The molecular formula is C24H5F41O2. The fourth-order valence-electron chi connectivity index (χ4n) is 4.02. The molecule has 0 bridgehead atoms. The predicted octanol–water partition coefficient (Wildman–Crippen LogP) is 13.7. The summed E-state index contributed by atoms with van der Waals surface area (Å²) < 4.78 is 566. The first-order chi connectivity index (χ1) is 28.1. The van der Waals surface area contributed by atoms with E-state index in [1.54, 1.807) is 11.3 Å². The summed E-state index contributed by atoms with van der Waals surface area (Å²) in [6, 6.07) is 0. The third kappa shape index (κ3) is 7.30. The zero-order chi connectivity index (χ0) is 55.9. The van der Waals surface area contributed by atoms with Gasteiger partial charge in [-0.1, -0.05) is 6.58 Å². The topological polar surface area (TPSA) is 26.3 Å². The summed E-state index contributed by atoms with van der Waals surface area (Å²) in [5, 5.41) is 0.